The van der Waals surface area contributed by atoms with Crippen molar-refractivity contribution in [1.29, 1.82) is 0 Å². The number of hydrogen-bond acceptors (Lipinski definition) is 3. The SMILES string of the molecule is CN=C(NCCc1ccco1)NCC1CC(=O)N(C2CC2)C1.I. The summed E-state index contributed by atoms with van der Waals surface area (Å²) in [4.78, 5) is 18.2. The van der Waals surface area contributed by atoms with E-state index in [9.17, 15) is 4.79 Å². The molecule has 7 heteroatoms. The summed E-state index contributed by atoms with van der Waals surface area (Å²) >= 11 is 0. The number of nitrogens with zero attached hydrogens (tertiary/aromatic N) is 2. The Morgan fingerprint density at radius 1 is 1.43 bits per heavy atom. The monoisotopic (exact) mass is 432 g/mol. The average molecular weight is 432 g/mol. The van der Waals surface area contributed by atoms with Crippen LogP contribution in [0, 0.1) is 5.92 Å². The molecule has 1 atom stereocenters. The van der Waals surface area contributed by atoms with E-state index in [2.05, 4.69) is 20.5 Å². The van der Waals surface area contributed by atoms with Gasteiger partial charge >= 0.3 is 0 Å². The lowest BCUT2D eigenvalue weighted by molar-refractivity contribution is -0.128. The molecule has 2 heterocycles. The molecular formula is C16H25IN4O2. The molecule has 128 valence electrons. The largest absolute Gasteiger partial charge is 0.469 e. The normalized spacial score (nSPS) is 21.3. The summed E-state index contributed by atoms with van der Waals surface area (Å²) < 4.78 is 5.30. The first-order chi connectivity index (χ1) is 10.8. The number of furan rings is 1. The molecule has 2 N–H and O–H groups in total. The van der Waals surface area contributed by atoms with Gasteiger partial charge in [-0.15, -0.1) is 24.0 Å². The van der Waals surface area contributed by atoms with Crippen molar-refractivity contribution in [3.05, 3.63) is 24.2 Å². The molecule has 1 saturated heterocycles. The summed E-state index contributed by atoms with van der Waals surface area (Å²) in [5.74, 6) is 2.44. The molecule has 0 aromatic carbocycles. The number of hydrogen-bond donors (Lipinski definition) is 2. The van der Waals surface area contributed by atoms with Gasteiger partial charge < -0.3 is 20.0 Å². The lowest BCUT2D eigenvalue weighted by Crippen LogP contribution is -2.41. The second kappa shape index (κ2) is 8.56. The van der Waals surface area contributed by atoms with Crippen LogP contribution in [-0.4, -0.2) is 49.5 Å². The van der Waals surface area contributed by atoms with Crippen LogP contribution < -0.4 is 10.6 Å². The van der Waals surface area contributed by atoms with Gasteiger partial charge in [-0.3, -0.25) is 9.79 Å². The Balaban J connectivity index is 0.00000192. The van der Waals surface area contributed by atoms with Crippen LogP contribution in [0.2, 0.25) is 0 Å². The van der Waals surface area contributed by atoms with E-state index in [-0.39, 0.29) is 24.0 Å². The van der Waals surface area contributed by atoms with Crippen molar-refractivity contribution in [3.8, 4) is 0 Å². The van der Waals surface area contributed by atoms with Gasteiger partial charge in [-0.05, 0) is 25.0 Å². The number of likely N-dealkylation sites (tertiary alicyclic amines) is 1. The number of halogens is 1. The molecule has 1 aromatic heterocycles. The number of amides is 1. The molecule has 1 aliphatic heterocycles. The maximum Gasteiger partial charge on any atom is 0.223 e. The van der Waals surface area contributed by atoms with E-state index in [1.54, 1.807) is 13.3 Å². The summed E-state index contributed by atoms with van der Waals surface area (Å²) in [6, 6.07) is 4.39. The molecule has 6 nitrogen and oxygen atoms in total. The van der Waals surface area contributed by atoms with E-state index in [1.807, 2.05) is 12.1 Å². The first-order valence-electron chi connectivity index (χ1n) is 8.02. The second-order valence-corrected chi connectivity index (χ2v) is 6.06. The zero-order valence-corrected chi connectivity index (χ0v) is 15.8. The van der Waals surface area contributed by atoms with Crippen LogP contribution in [-0.2, 0) is 11.2 Å². The summed E-state index contributed by atoms with van der Waals surface area (Å²) in [5, 5.41) is 6.59. The Morgan fingerprint density at radius 3 is 2.91 bits per heavy atom. The van der Waals surface area contributed by atoms with Crippen molar-refractivity contribution in [1.82, 2.24) is 15.5 Å². The van der Waals surface area contributed by atoms with Crippen LogP contribution in [0.4, 0.5) is 0 Å². The van der Waals surface area contributed by atoms with Crippen LogP contribution in [0.5, 0.6) is 0 Å². The fourth-order valence-corrected chi connectivity index (χ4v) is 2.90. The molecule has 0 spiro atoms. The number of carbonyl (C=O) groups excluding carboxylic acids is 1. The highest BCUT2D eigenvalue weighted by atomic mass is 127. The third-order valence-corrected chi connectivity index (χ3v) is 4.25. The first kappa shape index (κ1) is 18.1. The van der Waals surface area contributed by atoms with Crippen molar-refractivity contribution < 1.29 is 9.21 Å². The van der Waals surface area contributed by atoms with Crippen molar-refractivity contribution >= 4 is 35.8 Å². The van der Waals surface area contributed by atoms with Gasteiger partial charge in [-0.25, -0.2) is 0 Å². The van der Waals surface area contributed by atoms with Crippen LogP contribution in [0.1, 0.15) is 25.0 Å². The van der Waals surface area contributed by atoms with E-state index in [1.165, 1.54) is 12.8 Å². The van der Waals surface area contributed by atoms with Crippen LogP contribution in [0.15, 0.2) is 27.8 Å². The Hall–Kier alpha value is -1.25. The van der Waals surface area contributed by atoms with E-state index < -0.39 is 0 Å². The minimum Gasteiger partial charge on any atom is -0.469 e. The van der Waals surface area contributed by atoms with Crippen molar-refractivity contribution in [2.45, 2.75) is 31.7 Å². The number of carbonyl (C=O) groups is 1. The van der Waals surface area contributed by atoms with E-state index in [4.69, 9.17) is 4.42 Å². The standard InChI is InChI=1S/C16H24N4O2.HI/c1-17-16(18-7-6-14-3-2-8-22-14)19-10-12-9-15(21)20(11-12)13-4-5-13;/h2-3,8,12-13H,4-7,9-11H2,1H3,(H2,17,18,19);1H. The molecule has 1 unspecified atom stereocenters. The van der Waals surface area contributed by atoms with E-state index in [0.717, 1.165) is 37.8 Å². The molecule has 23 heavy (non-hydrogen) atoms. The third-order valence-electron chi connectivity index (χ3n) is 4.25. The molecule has 1 aromatic rings. The number of nitrogens with one attached hydrogen (secondary N) is 2. The summed E-state index contributed by atoms with van der Waals surface area (Å²) in [5.41, 5.74) is 0. The maximum atomic E-state index is 11.9. The lowest BCUT2D eigenvalue weighted by atomic mass is 10.1. The van der Waals surface area contributed by atoms with Crippen LogP contribution >= 0.6 is 24.0 Å². The van der Waals surface area contributed by atoms with Gasteiger partial charge in [0.15, 0.2) is 5.96 Å². The molecule has 2 aliphatic rings. The Morgan fingerprint density at radius 2 is 2.26 bits per heavy atom. The van der Waals surface area contributed by atoms with Gasteiger partial charge in [0.2, 0.25) is 5.91 Å². The Kier molecular flexibility index (Phi) is 6.73. The lowest BCUT2D eigenvalue weighted by Gasteiger charge is -2.17. The smallest absolute Gasteiger partial charge is 0.223 e. The highest BCUT2D eigenvalue weighted by Crippen LogP contribution is 2.32. The summed E-state index contributed by atoms with van der Waals surface area (Å²) in [6.07, 6.45) is 5.53. The summed E-state index contributed by atoms with van der Waals surface area (Å²) in [6.45, 7) is 2.44. The highest BCUT2D eigenvalue weighted by molar-refractivity contribution is 14.0. The zero-order valence-electron chi connectivity index (χ0n) is 13.5. The quantitative estimate of drug-likeness (QED) is 0.407. The minimum atomic E-state index is 0. The van der Waals surface area contributed by atoms with Gasteiger partial charge in [0.05, 0.1) is 6.26 Å². The molecule has 0 bridgehead atoms. The third kappa shape index (κ3) is 5.12. The fourth-order valence-electron chi connectivity index (χ4n) is 2.90. The predicted octanol–water partition coefficient (Wildman–Crippen LogP) is 1.62. The topological polar surface area (TPSA) is 69.9 Å². The number of rotatable bonds is 6. The Bertz CT molecular complexity index is 528. The zero-order chi connectivity index (χ0) is 15.4. The minimum absolute atomic E-state index is 0. The molecule has 2 fully saturated rings. The van der Waals surface area contributed by atoms with Gasteiger partial charge in [-0.2, -0.15) is 0 Å². The van der Waals surface area contributed by atoms with Crippen molar-refractivity contribution in [3.63, 3.8) is 0 Å². The van der Waals surface area contributed by atoms with Gasteiger partial charge in [-0.1, -0.05) is 0 Å². The van der Waals surface area contributed by atoms with E-state index >= 15 is 0 Å². The van der Waals surface area contributed by atoms with Crippen molar-refractivity contribution in [2.75, 3.05) is 26.7 Å². The average Bonchev–Trinajstić information content (AvgIpc) is 3.09. The second-order valence-electron chi connectivity index (χ2n) is 6.06. The Labute approximate surface area is 154 Å². The highest BCUT2D eigenvalue weighted by Gasteiger charge is 2.39. The van der Waals surface area contributed by atoms with Gasteiger partial charge in [0.25, 0.3) is 0 Å². The van der Waals surface area contributed by atoms with E-state index in [0.29, 0.717) is 24.3 Å². The molecule has 3 rings (SSSR count). The maximum absolute atomic E-state index is 11.9. The fraction of sp³-hybridized carbons (Fsp3) is 0.625. The number of aliphatic imine (C=N–C) groups is 1. The van der Waals surface area contributed by atoms with Crippen LogP contribution in [0.3, 0.4) is 0 Å². The predicted molar refractivity (Wildman–Crippen MR) is 100 cm³/mol. The molecular weight excluding hydrogens is 407 g/mol. The van der Waals surface area contributed by atoms with Gasteiger partial charge in [0, 0.05) is 51.5 Å². The van der Waals surface area contributed by atoms with Crippen LogP contribution in [0.25, 0.3) is 0 Å². The molecule has 0 radical (unpaired) electrons. The van der Waals surface area contributed by atoms with Crippen molar-refractivity contribution in [2.24, 2.45) is 10.9 Å². The molecule has 1 aliphatic carbocycles. The summed E-state index contributed by atoms with van der Waals surface area (Å²) in [7, 11) is 1.76. The molecule has 1 amide bonds. The van der Waals surface area contributed by atoms with Gasteiger partial charge in [0.1, 0.15) is 5.76 Å². The number of guanidine groups is 1. The first-order valence-corrected chi connectivity index (χ1v) is 8.02. The molecule has 1 saturated carbocycles.